The Hall–Kier alpha value is -4.55. The Morgan fingerprint density at radius 3 is 2.03 bits per heavy atom. The summed E-state index contributed by atoms with van der Waals surface area (Å²) in [5.74, 6) is 1.16. The second kappa shape index (κ2) is 9.98. The zero-order valence-electron chi connectivity index (χ0n) is 20.1. The van der Waals surface area contributed by atoms with Crippen molar-refractivity contribution < 1.29 is 14.6 Å². The number of aromatic hydroxyl groups is 1. The SMILES string of the molecule is COc1cc2[nH]c(O)c(C(=Nc3ccc(C(N)c4ccccc4)cc3)c3ccccc3)c2cc1OC. The average molecular weight is 478 g/mol. The number of rotatable bonds is 7. The van der Waals surface area contributed by atoms with E-state index in [1.807, 2.05) is 91.0 Å². The smallest absolute Gasteiger partial charge is 0.199 e. The van der Waals surface area contributed by atoms with Gasteiger partial charge in [-0.3, -0.25) is 0 Å². The molecule has 0 fully saturated rings. The molecule has 0 radical (unpaired) electrons. The Morgan fingerprint density at radius 2 is 1.39 bits per heavy atom. The summed E-state index contributed by atoms with van der Waals surface area (Å²) >= 11 is 0. The van der Waals surface area contributed by atoms with Crippen LogP contribution in [-0.2, 0) is 0 Å². The maximum absolute atomic E-state index is 11.0. The van der Waals surface area contributed by atoms with Crippen LogP contribution in [0.25, 0.3) is 10.9 Å². The van der Waals surface area contributed by atoms with Gasteiger partial charge in [-0.25, -0.2) is 4.99 Å². The fraction of sp³-hybridized carbons (Fsp3) is 0.100. The third-order valence-corrected chi connectivity index (χ3v) is 6.22. The van der Waals surface area contributed by atoms with Crippen LogP contribution in [0.5, 0.6) is 17.4 Å². The van der Waals surface area contributed by atoms with E-state index in [-0.39, 0.29) is 11.9 Å². The van der Waals surface area contributed by atoms with Crippen LogP contribution >= 0.6 is 0 Å². The van der Waals surface area contributed by atoms with Crippen LogP contribution in [0.4, 0.5) is 5.69 Å². The number of methoxy groups -OCH3 is 2. The molecule has 6 nitrogen and oxygen atoms in total. The first kappa shape index (κ1) is 23.2. The lowest BCUT2D eigenvalue weighted by Crippen LogP contribution is -2.11. The van der Waals surface area contributed by atoms with Crippen molar-refractivity contribution in [2.24, 2.45) is 10.7 Å². The molecule has 4 aromatic carbocycles. The molecule has 0 amide bonds. The largest absolute Gasteiger partial charge is 0.494 e. The first-order valence-electron chi connectivity index (χ1n) is 11.6. The van der Waals surface area contributed by atoms with E-state index in [0.717, 1.165) is 27.8 Å². The highest BCUT2D eigenvalue weighted by atomic mass is 16.5. The molecule has 1 heterocycles. The number of hydrogen-bond donors (Lipinski definition) is 3. The van der Waals surface area contributed by atoms with Crippen molar-refractivity contribution >= 4 is 22.3 Å². The second-order valence-corrected chi connectivity index (χ2v) is 8.41. The standard InChI is InChI=1S/C30H27N3O3/c1-35-25-17-23-24(18-26(25)36-2)33-30(34)27(23)29(21-11-7-4-8-12-21)32-22-15-13-20(14-16-22)28(31)19-9-5-3-6-10-19/h3-18,28,33-34H,31H2,1-2H3. The number of nitrogens with two attached hydrogens (primary N) is 1. The Bertz CT molecular complexity index is 1510. The van der Waals surface area contributed by atoms with Gasteiger partial charge in [0.2, 0.25) is 0 Å². The van der Waals surface area contributed by atoms with Crippen LogP contribution in [0.3, 0.4) is 0 Å². The van der Waals surface area contributed by atoms with Crippen LogP contribution < -0.4 is 15.2 Å². The van der Waals surface area contributed by atoms with E-state index < -0.39 is 0 Å². The molecule has 0 saturated carbocycles. The van der Waals surface area contributed by atoms with Crippen LogP contribution in [-0.4, -0.2) is 30.0 Å². The third-order valence-electron chi connectivity index (χ3n) is 6.22. The molecule has 6 heteroatoms. The fourth-order valence-electron chi connectivity index (χ4n) is 4.35. The lowest BCUT2D eigenvalue weighted by molar-refractivity contribution is 0.356. The van der Waals surface area contributed by atoms with E-state index in [1.54, 1.807) is 20.3 Å². The van der Waals surface area contributed by atoms with Gasteiger partial charge in [0.1, 0.15) is 0 Å². The molecule has 5 aromatic rings. The van der Waals surface area contributed by atoms with Gasteiger partial charge < -0.3 is 25.3 Å². The van der Waals surface area contributed by atoms with E-state index in [0.29, 0.717) is 28.3 Å². The lowest BCUT2D eigenvalue weighted by atomic mass is 9.99. The minimum absolute atomic E-state index is 0.0191. The molecule has 0 spiro atoms. The minimum Gasteiger partial charge on any atom is -0.494 e. The number of ether oxygens (including phenoxy) is 2. The van der Waals surface area contributed by atoms with E-state index in [2.05, 4.69) is 4.98 Å². The lowest BCUT2D eigenvalue weighted by Gasteiger charge is -2.13. The number of nitrogens with one attached hydrogen (secondary N) is 1. The molecule has 1 atom stereocenters. The van der Waals surface area contributed by atoms with Crippen molar-refractivity contribution in [1.82, 2.24) is 4.98 Å². The summed E-state index contributed by atoms with van der Waals surface area (Å²) in [6.45, 7) is 0. The summed E-state index contributed by atoms with van der Waals surface area (Å²) < 4.78 is 10.9. The predicted octanol–water partition coefficient (Wildman–Crippen LogP) is 6.11. The summed E-state index contributed by atoms with van der Waals surface area (Å²) in [7, 11) is 3.17. The number of benzene rings is 4. The van der Waals surface area contributed by atoms with Gasteiger partial charge in [0.15, 0.2) is 17.4 Å². The molecule has 4 N–H and O–H groups in total. The molecule has 0 aliphatic rings. The summed E-state index contributed by atoms with van der Waals surface area (Å²) in [5.41, 5.74) is 12.1. The van der Waals surface area contributed by atoms with Crippen LogP contribution in [0.15, 0.2) is 102 Å². The normalized spacial score (nSPS) is 12.5. The maximum Gasteiger partial charge on any atom is 0.199 e. The summed E-state index contributed by atoms with van der Waals surface area (Å²) in [4.78, 5) is 8.03. The van der Waals surface area contributed by atoms with Gasteiger partial charge in [-0.05, 0) is 29.3 Å². The zero-order valence-corrected chi connectivity index (χ0v) is 20.1. The first-order chi connectivity index (χ1) is 17.6. The molecule has 5 rings (SSSR count). The Morgan fingerprint density at radius 1 is 0.806 bits per heavy atom. The Labute approximate surface area is 209 Å². The van der Waals surface area contributed by atoms with Crippen LogP contribution in [0, 0.1) is 0 Å². The number of H-pyrrole nitrogens is 1. The molecule has 1 aromatic heterocycles. The summed E-state index contributed by atoms with van der Waals surface area (Å²) in [6, 6.07) is 31.1. The first-order valence-corrected chi connectivity index (χ1v) is 11.6. The highest BCUT2D eigenvalue weighted by Gasteiger charge is 2.21. The van der Waals surface area contributed by atoms with Crippen molar-refractivity contribution in [2.75, 3.05) is 14.2 Å². The van der Waals surface area contributed by atoms with E-state index in [9.17, 15) is 5.11 Å². The van der Waals surface area contributed by atoms with Crippen molar-refractivity contribution in [2.45, 2.75) is 6.04 Å². The molecule has 36 heavy (non-hydrogen) atoms. The van der Waals surface area contributed by atoms with Gasteiger partial charge in [-0.1, -0.05) is 72.8 Å². The fourth-order valence-corrected chi connectivity index (χ4v) is 4.35. The maximum atomic E-state index is 11.0. The van der Waals surface area contributed by atoms with Crippen molar-refractivity contribution in [3.8, 4) is 17.4 Å². The van der Waals surface area contributed by atoms with Crippen molar-refractivity contribution in [1.29, 1.82) is 0 Å². The summed E-state index contributed by atoms with van der Waals surface area (Å²) in [6.07, 6.45) is 0. The van der Waals surface area contributed by atoms with Gasteiger partial charge in [-0.2, -0.15) is 0 Å². The highest BCUT2D eigenvalue weighted by molar-refractivity contribution is 6.22. The molecular weight excluding hydrogens is 450 g/mol. The van der Waals surface area contributed by atoms with E-state index in [1.165, 1.54) is 0 Å². The topological polar surface area (TPSA) is 92.9 Å². The zero-order chi connectivity index (χ0) is 25.1. The average Bonchev–Trinajstić information content (AvgIpc) is 3.26. The van der Waals surface area contributed by atoms with Gasteiger partial charge in [0, 0.05) is 17.0 Å². The van der Waals surface area contributed by atoms with Crippen molar-refractivity contribution in [3.05, 3.63) is 119 Å². The molecular formula is C30H27N3O3. The van der Waals surface area contributed by atoms with Crippen molar-refractivity contribution in [3.63, 3.8) is 0 Å². The van der Waals surface area contributed by atoms with Gasteiger partial charge in [0.25, 0.3) is 0 Å². The third kappa shape index (κ3) is 4.42. The number of aromatic amines is 1. The Balaban J connectivity index is 1.62. The molecule has 0 saturated heterocycles. The monoisotopic (exact) mass is 477 g/mol. The summed E-state index contributed by atoms with van der Waals surface area (Å²) in [5, 5.41) is 11.8. The van der Waals surface area contributed by atoms with Gasteiger partial charge in [0.05, 0.1) is 42.7 Å². The second-order valence-electron chi connectivity index (χ2n) is 8.41. The molecule has 180 valence electrons. The molecule has 1 unspecified atom stereocenters. The highest BCUT2D eigenvalue weighted by Crippen LogP contribution is 2.38. The van der Waals surface area contributed by atoms with E-state index >= 15 is 0 Å². The molecule has 0 aliphatic heterocycles. The van der Waals surface area contributed by atoms with E-state index in [4.69, 9.17) is 20.2 Å². The number of aliphatic imine (C=N–C) groups is 1. The number of hydrogen-bond acceptors (Lipinski definition) is 5. The Kier molecular flexibility index (Phi) is 6.43. The van der Waals surface area contributed by atoms with Gasteiger partial charge >= 0.3 is 0 Å². The molecule has 0 bridgehead atoms. The number of aromatic nitrogens is 1. The van der Waals surface area contributed by atoms with Crippen LogP contribution in [0.1, 0.15) is 28.3 Å². The number of nitrogens with zero attached hydrogens (tertiary/aromatic N) is 1. The minimum atomic E-state index is -0.224. The van der Waals surface area contributed by atoms with Crippen LogP contribution in [0.2, 0.25) is 0 Å². The quantitative estimate of drug-likeness (QED) is 0.247. The van der Waals surface area contributed by atoms with Gasteiger partial charge in [-0.15, -0.1) is 0 Å². The number of fused-ring (bicyclic) bond motifs is 1. The predicted molar refractivity (Wildman–Crippen MR) is 144 cm³/mol. The molecule has 0 aliphatic carbocycles.